The highest BCUT2D eigenvalue weighted by Crippen LogP contribution is 2.32. The topological polar surface area (TPSA) is 118 Å². The Morgan fingerprint density at radius 1 is 1.20 bits per heavy atom. The molecule has 35 heavy (non-hydrogen) atoms. The van der Waals surface area contributed by atoms with Gasteiger partial charge in [0.05, 0.1) is 29.9 Å². The number of ether oxygens (including phenoxy) is 1. The third-order valence-corrected chi connectivity index (χ3v) is 7.21. The zero-order valence-corrected chi connectivity index (χ0v) is 19.8. The first kappa shape index (κ1) is 23.0. The average molecular weight is 495 g/mol. The number of fused-ring (bicyclic) bond motifs is 2. The summed E-state index contributed by atoms with van der Waals surface area (Å²) in [7, 11) is -3.44. The Morgan fingerprint density at radius 2 is 2.03 bits per heavy atom. The van der Waals surface area contributed by atoms with E-state index in [-0.39, 0.29) is 17.9 Å². The Bertz CT molecular complexity index is 1480. The second-order valence-electron chi connectivity index (χ2n) is 8.30. The highest BCUT2D eigenvalue weighted by Gasteiger charge is 2.48. The minimum Gasteiger partial charge on any atom is -0.479 e. The first-order valence-corrected chi connectivity index (χ1v) is 12.9. The van der Waals surface area contributed by atoms with E-state index in [0.29, 0.717) is 28.6 Å². The van der Waals surface area contributed by atoms with Crippen LogP contribution in [0.15, 0.2) is 41.8 Å². The summed E-state index contributed by atoms with van der Waals surface area (Å²) in [5.74, 6) is 5.96. The highest BCUT2D eigenvalue weighted by atomic mass is 32.2. The van der Waals surface area contributed by atoms with Crippen molar-refractivity contribution < 1.29 is 17.5 Å². The number of anilines is 2. The molecule has 2 atom stereocenters. The van der Waals surface area contributed by atoms with Gasteiger partial charge in [0.2, 0.25) is 11.3 Å². The van der Waals surface area contributed by atoms with Crippen LogP contribution >= 0.6 is 0 Å². The fourth-order valence-electron chi connectivity index (χ4n) is 3.48. The lowest BCUT2D eigenvalue weighted by Crippen LogP contribution is -2.40. The molecule has 0 aromatic carbocycles. The van der Waals surface area contributed by atoms with E-state index in [4.69, 9.17) is 4.74 Å². The van der Waals surface area contributed by atoms with Crippen LogP contribution in [-0.4, -0.2) is 46.9 Å². The Kier molecular flexibility index (Phi) is 6.21. The Morgan fingerprint density at radius 3 is 2.77 bits per heavy atom. The number of halogens is 1. The van der Waals surface area contributed by atoms with Crippen LogP contribution in [0.3, 0.4) is 0 Å². The van der Waals surface area contributed by atoms with Crippen molar-refractivity contribution in [3.05, 3.63) is 48.3 Å². The van der Waals surface area contributed by atoms with Gasteiger partial charge in [0.1, 0.15) is 23.7 Å². The van der Waals surface area contributed by atoms with Crippen molar-refractivity contribution >= 4 is 38.1 Å². The van der Waals surface area contributed by atoms with E-state index in [2.05, 4.69) is 42.4 Å². The maximum Gasteiger partial charge on any atom is 0.218 e. The van der Waals surface area contributed by atoms with E-state index in [0.717, 1.165) is 5.39 Å². The molecule has 2 fully saturated rings. The van der Waals surface area contributed by atoms with Crippen molar-refractivity contribution in [2.75, 3.05) is 17.7 Å². The molecule has 3 aromatic rings. The van der Waals surface area contributed by atoms with Crippen LogP contribution in [-0.2, 0) is 9.84 Å². The van der Waals surface area contributed by atoms with Gasteiger partial charge in [0.15, 0.2) is 15.7 Å². The minimum absolute atomic E-state index is 0.132. The number of nitrogens with zero attached hydrogens (tertiary/aromatic N) is 4. The van der Waals surface area contributed by atoms with Crippen LogP contribution in [0.5, 0.6) is 5.75 Å². The number of sulfone groups is 1. The molecule has 11 heteroatoms. The summed E-state index contributed by atoms with van der Waals surface area (Å²) < 4.78 is 44.4. The molecule has 0 bridgehead atoms. The lowest BCUT2D eigenvalue weighted by molar-refractivity contribution is 0.369. The Balaban J connectivity index is 0.000000786. The SMILES string of the molecule is C1CC1.CC#CCOc1cnc2c(Nc3cnc(F)c(C4CS(=O)(=O)C5N=C5N4)c3)nccc2c1. The van der Waals surface area contributed by atoms with E-state index >= 15 is 0 Å². The first-order chi connectivity index (χ1) is 16.9. The van der Waals surface area contributed by atoms with E-state index in [1.165, 1.54) is 31.5 Å². The van der Waals surface area contributed by atoms with E-state index < -0.39 is 27.2 Å². The molecule has 5 heterocycles. The molecule has 3 aliphatic rings. The van der Waals surface area contributed by atoms with Crippen molar-refractivity contribution in [3.63, 3.8) is 0 Å². The van der Waals surface area contributed by atoms with Crippen molar-refractivity contribution in [2.45, 2.75) is 37.6 Å². The van der Waals surface area contributed by atoms with Crippen LogP contribution in [0.25, 0.3) is 10.9 Å². The summed E-state index contributed by atoms with van der Waals surface area (Å²) in [6.45, 7) is 2.00. The van der Waals surface area contributed by atoms with Crippen LogP contribution in [0, 0.1) is 17.8 Å². The van der Waals surface area contributed by atoms with Crippen molar-refractivity contribution in [3.8, 4) is 17.6 Å². The molecule has 180 valence electrons. The van der Waals surface area contributed by atoms with Crippen LogP contribution in [0.2, 0.25) is 0 Å². The van der Waals surface area contributed by atoms with Crippen molar-refractivity contribution in [1.29, 1.82) is 0 Å². The first-order valence-electron chi connectivity index (χ1n) is 11.2. The molecule has 2 aliphatic heterocycles. The average Bonchev–Trinajstić information content (AvgIpc) is 3.74. The molecule has 1 aliphatic carbocycles. The van der Waals surface area contributed by atoms with E-state index in [1.54, 1.807) is 25.4 Å². The normalized spacial score (nSPS) is 20.6. The molecule has 0 amide bonds. The quantitative estimate of drug-likeness (QED) is 0.410. The Hall–Kier alpha value is -3.78. The maximum atomic E-state index is 14.4. The van der Waals surface area contributed by atoms with Gasteiger partial charge in [-0.25, -0.2) is 28.4 Å². The summed E-state index contributed by atoms with van der Waals surface area (Å²) in [4.78, 5) is 16.4. The number of amidine groups is 1. The van der Waals surface area contributed by atoms with Gasteiger partial charge < -0.3 is 15.4 Å². The largest absolute Gasteiger partial charge is 0.479 e. The standard InChI is InChI=1S/C21H17FN6O3S.C3H6/c1-2-3-6-31-14-7-12-4-5-23-19(17(12)24-10-14)26-13-8-15(18(22)25-9-13)16-11-32(29,30)21-20(27-16)28-21;1-2-3-1/h4-5,7-10,16,21H,6,11H2,1H3,(H,23,26)(H,27,28);1-3H2. The van der Waals surface area contributed by atoms with Gasteiger partial charge in [-0.1, -0.05) is 25.2 Å². The van der Waals surface area contributed by atoms with E-state index in [9.17, 15) is 12.8 Å². The number of rotatable bonds is 5. The van der Waals surface area contributed by atoms with Crippen LogP contribution < -0.4 is 15.4 Å². The number of pyridine rings is 3. The van der Waals surface area contributed by atoms with Crippen LogP contribution in [0.4, 0.5) is 15.9 Å². The van der Waals surface area contributed by atoms with Gasteiger partial charge in [0, 0.05) is 17.1 Å². The summed E-state index contributed by atoms with van der Waals surface area (Å²) in [5, 5.41) is 6.05. The van der Waals surface area contributed by atoms with Crippen molar-refractivity contribution in [2.24, 2.45) is 4.99 Å². The molecular formula is C24H23FN6O3S. The highest BCUT2D eigenvalue weighted by molar-refractivity contribution is 7.93. The molecule has 2 unspecified atom stereocenters. The summed E-state index contributed by atoms with van der Waals surface area (Å²) in [5.41, 5.74) is 1.16. The van der Waals surface area contributed by atoms with Gasteiger partial charge in [-0.2, -0.15) is 4.39 Å². The lowest BCUT2D eigenvalue weighted by atomic mass is 10.1. The second kappa shape index (κ2) is 9.46. The molecule has 2 N–H and O–H groups in total. The van der Waals surface area contributed by atoms with Gasteiger partial charge >= 0.3 is 0 Å². The predicted octanol–water partition coefficient (Wildman–Crippen LogP) is 3.28. The predicted molar refractivity (Wildman–Crippen MR) is 131 cm³/mol. The molecule has 6 rings (SSSR count). The third kappa shape index (κ3) is 5.33. The second-order valence-corrected chi connectivity index (χ2v) is 10.4. The van der Waals surface area contributed by atoms with E-state index in [1.807, 2.05) is 6.07 Å². The minimum atomic E-state index is -3.44. The third-order valence-electron chi connectivity index (χ3n) is 5.40. The summed E-state index contributed by atoms with van der Waals surface area (Å²) >= 11 is 0. The zero-order chi connectivity index (χ0) is 24.4. The zero-order valence-electron chi connectivity index (χ0n) is 19.0. The number of aromatic nitrogens is 3. The maximum absolute atomic E-state index is 14.4. The molecule has 9 nitrogen and oxygen atoms in total. The molecule has 1 saturated carbocycles. The fraction of sp³-hybridized carbons (Fsp3) is 0.333. The van der Waals surface area contributed by atoms with Gasteiger partial charge in [-0.05, 0) is 25.1 Å². The monoisotopic (exact) mass is 494 g/mol. The number of hydrogen-bond acceptors (Lipinski definition) is 9. The number of nitrogens with one attached hydrogen (secondary N) is 2. The molecule has 1 saturated heterocycles. The molecule has 0 radical (unpaired) electrons. The fourth-order valence-corrected chi connectivity index (χ4v) is 5.07. The smallest absolute Gasteiger partial charge is 0.218 e. The van der Waals surface area contributed by atoms with Crippen LogP contribution in [0.1, 0.15) is 37.8 Å². The molecular weight excluding hydrogens is 471 g/mol. The number of aliphatic imine (C=N–C) groups is 1. The van der Waals surface area contributed by atoms with Gasteiger partial charge in [-0.3, -0.25) is 0 Å². The number of hydrogen-bond donors (Lipinski definition) is 2. The molecule has 0 spiro atoms. The van der Waals surface area contributed by atoms with Gasteiger partial charge in [-0.15, -0.1) is 5.92 Å². The van der Waals surface area contributed by atoms with Crippen molar-refractivity contribution in [1.82, 2.24) is 20.3 Å². The molecule has 3 aromatic heterocycles. The summed E-state index contributed by atoms with van der Waals surface area (Å²) in [6.07, 6.45) is 9.00. The van der Waals surface area contributed by atoms with Gasteiger partial charge in [0.25, 0.3) is 0 Å². The summed E-state index contributed by atoms with van der Waals surface area (Å²) in [6, 6.07) is 4.37. The lowest BCUT2D eigenvalue weighted by Gasteiger charge is -2.22. The Labute approximate surface area is 202 Å².